The summed E-state index contributed by atoms with van der Waals surface area (Å²) in [6.07, 6.45) is 0.308. The Morgan fingerprint density at radius 1 is 0.404 bits per heavy atom. The molecule has 4 aliphatic rings. The Hall–Kier alpha value is -10.8. The summed E-state index contributed by atoms with van der Waals surface area (Å²) in [5, 5.41) is 14.1. The number of rotatable bonds is 21. The average molecular weight is 2190 g/mol. The molecule has 0 spiro atoms. The summed E-state index contributed by atoms with van der Waals surface area (Å²) in [7, 11) is 6.83. The van der Waals surface area contributed by atoms with Crippen molar-refractivity contribution in [1.82, 2.24) is 52.8 Å². The van der Waals surface area contributed by atoms with Gasteiger partial charge in [0.05, 0.1) is 69.2 Å². The maximum Gasteiger partial charge on any atom is 0.573 e. The van der Waals surface area contributed by atoms with E-state index in [-0.39, 0.29) is 166 Å². The smallest absolute Gasteiger partial charge is 0.513 e. The van der Waals surface area contributed by atoms with Crippen LogP contribution >= 0.6 is 92.8 Å². The largest absolute Gasteiger partial charge is 0.573 e. The molecule has 21 nitrogen and oxygen atoms in total. The lowest BCUT2D eigenvalue weighted by molar-refractivity contribution is -0.275. The number of likely N-dealkylation sites (tertiary alicyclic amines) is 4. The Labute approximate surface area is 874 Å². The number of hydrogen-bond acceptors (Lipinski definition) is 13. The second-order valence-corrected chi connectivity index (χ2v) is 41.3. The highest BCUT2D eigenvalue weighted by Gasteiger charge is 2.40. The van der Waals surface area contributed by atoms with Gasteiger partial charge < -0.3 is 62.0 Å². The number of carbonyl (C=O) groups is 7. The van der Waals surface area contributed by atoms with Crippen LogP contribution in [0.4, 0.5) is 52.7 Å². The molecule has 780 valence electrons. The molecule has 4 aliphatic heterocycles. The van der Waals surface area contributed by atoms with E-state index in [1.165, 1.54) is 42.9 Å². The third-order valence-electron chi connectivity index (χ3n) is 27.3. The fourth-order valence-electron chi connectivity index (χ4n) is 20.4. The highest BCUT2D eigenvalue weighted by Crippen LogP contribution is 2.46. The number of alkyl halides is 12. The molecule has 7 aromatic heterocycles. The van der Waals surface area contributed by atoms with Crippen LogP contribution in [0.3, 0.4) is 0 Å². The van der Waals surface area contributed by atoms with E-state index >= 15 is 0 Å². The van der Waals surface area contributed by atoms with Crippen molar-refractivity contribution in [2.24, 2.45) is 57.8 Å². The molecule has 1 N–H and O–H groups in total. The fourth-order valence-corrected chi connectivity index (χ4v) is 22.6. The van der Waals surface area contributed by atoms with E-state index < -0.39 is 36.2 Å². The van der Waals surface area contributed by atoms with Crippen molar-refractivity contribution < 1.29 is 101 Å². The van der Waals surface area contributed by atoms with Crippen LogP contribution in [0.25, 0.3) is 43.6 Å². The molecule has 4 amide bonds. The molecule has 146 heavy (non-hydrogen) atoms. The number of ketones is 3. The number of fused-ring (bicyclic) bond motifs is 4. The quantitative estimate of drug-likeness (QED) is 0.0401. The Kier molecular flexibility index (Phi) is 35.2. The SMILES string of the molecule is C=C(O)CC1CCN(C(=O)c2ncc(Cl)c(Cc3cn(C)c4cc(C(F)(F)F)cc(C)c34)c2Cl)CC1.CC(=O)C1CCN(C(=O)c2ccc(Cl)c(Cc3cn(C)c4cc(OC(F)(F)F)cc(C)c34)c2Cl)CC1C.CC(=O)CC1CCN(C(=O)c2cnc(Cl)c(Cc3cn(C)c4cc(C(F)(F)F)cc(C)c34)c2Cl)CC1.CC(=O)CC1CCN(C(=O)c2ncc(Cl)c(Cc3cn(C)c4cc(OC(F)(F)F)cc(C)c34)c2Cl)CC1. The van der Waals surface area contributed by atoms with Crippen LogP contribution in [-0.4, -0.2) is 164 Å². The Morgan fingerprint density at radius 2 is 0.733 bits per heavy atom. The predicted octanol–water partition coefficient (Wildman–Crippen LogP) is 27.2. The lowest BCUT2D eigenvalue weighted by atomic mass is 9.84. The lowest BCUT2D eigenvalue weighted by Gasteiger charge is -2.36. The first kappa shape index (κ1) is 112. The summed E-state index contributed by atoms with van der Waals surface area (Å²) in [5.74, 6) is -0.314. The summed E-state index contributed by atoms with van der Waals surface area (Å²) >= 11 is 52.6. The van der Waals surface area contributed by atoms with Crippen LogP contribution in [0.15, 0.2) is 116 Å². The second-order valence-electron chi connectivity index (χ2n) is 38.2. The number of aliphatic hydroxyl groups excluding tert-OH is 1. The zero-order valence-corrected chi connectivity index (χ0v) is 87.6. The van der Waals surface area contributed by atoms with E-state index in [1.807, 2.05) is 13.1 Å². The number of allylic oxidation sites excluding steroid dienone is 1. The number of benzene rings is 5. The van der Waals surface area contributed by atoms with E-state index in [1.54, 1.807) is 145 Å². The molecule has 16 rings (SSSR count). The average Bonchev–Trinajstić information content (AvgIpc) is 1.63. The number of ether oxygens (including phenoxy) is 2. The number of aryl methyl sites for hydroxylation is 8. The number of nitrogens with zero attached hydrogens (tertiary/aromatic N) is 11. The lowest BCUT2D eigenvalue weighted by Crippen LogP contribution is -2.44. The van der Waals surface area contributed by atoms with Crippen LogP contribution < -0.4 is 9.47 Å². The van der Waals surface area contributed by atoms with Gasteiger partial charge in [0.25, 0.3) is 23.6 Å². The molecular weight excluding hydrogens is 2090 g/mol. The monoisotopic (exact) mass is 2190 g/mol. The summed E-state index contributed by atoms with van der Waals surface area (Å²) in [4.78, 5) is 107. The first-order valence-corrected chi connectivity index (χ1v) is 49.8. The van der Waals surface area contributed by atoms with Gasteiger partial charge in [-0.2, -0.15) is 26.3 Å². The minimum atomic E-state index is -4.79. The standard InChI is InChI=1S/C27H27Cl2F3N2O3.C26H26Cl2F3N3O3.2C26H26Cl2F3N3O2/c1-14-9-18(37-27(30,31)32)11-23-24(14)17(13-33(23)4)10-21-22(28)6-5-20(25(21)29)26(36)34-8-7-19(16(3)35)15(2)12-34;1-14-8-18(37-26(29,30)31)11-21-22(14)17(13-33(21)3)10-19-20(27)12-32-24(23(19)28)25(36)34-6-4-16(5-7-34)9-15(2)35;1-14-8-18(26(29,30)31)11-21-22(14)17(13-33(21)3)10-19-23(27)20(12-32-24(19)28)25(36)34-6-4-16(5-7-34)9-15(2)35;1-14-8-18(26(29,30)31)11-21-22(14)17(13-33(21)3)10-19-20(27)12-32-24(23(19)28)25(36)34-6-4-16(5-7-34)9-15(2)35/h5-6,9,11,13,15,19H,7-8,10,12H2,1-4H3;8,11-13,16H,4-7,9-10H2,1-3H3;8,11-13,16H,4-7,9-10H2,1-3H3;8,11-13,16,35H,2,4-7,9-10H2,1,3H3. The van der Waals surface area contributed by atoms with E-state index in [4.69, 9.17) is 92.8 Å². The minimum absolute atomic E-state index is 0.0469. The van der Waals surface area contributed by atoms with Gasteiger partial charge >= 0.3 is 25.1 Å². The molecule has 4 fully saturated rings. The summed E-state index contributed by atoms with van der Waals surface area (Å²) in [5.41, 5.74) is 8.60. The number of pyridine rings is 3. The van der Waals surface area contributed by atoms with Crippen molar-refractivity contribution in [3.63, 3.8) is 0 Å². The zero-order valence-electron chi connectivity index (χ0n) is 81.6. The maximum atomic E-state index is 13.4. The number of aliphatic hydroxyl groups is 1. The molecular formula is C105H105Cl8F12N11O10. The fraction of sp³-hybridized carbons (Fsp3) is 0.410. The van der Waals surface area contributed by atoms with Gasteiger partial charge in [0, 0.05) is 230 Å². The highest BCUT2D eigenvalue weighted by atomic mass is 35.5. The molecule has 0 saturated carbocycles. The third kappa shape index (κ3) is 26.2. The number of Topliss-reactive ketones (excluding diaryl/α,β-unsaturated/α-hetero) is 3. The van der Waals surface area contributed by atoms with Gasteiger partial charge in [-0.05, 0) is 227 Å². The molecule has 12 aromatic rings. The molecule has 0 bridgehead atoms. The maximum absolute atomic E-state index is 13.4. The number of hydrogen-bond donors (Lipinski definition) is 1. The van der Waals surface area contributed by atoms with E-state index in [0.717, 1.165) is 95.8 Å². The molecule has 4 saturated heterocycles. The van der Waals surface area contributed by atoms with Gasteiger partial charge in [0.15, 0.2) is 0 Å². The summed E-state index contributed by atoms with van der Waals surface area (Å²) in [6, 6.07) is 13.1. The van der Waals surface area contributed by atoms with Gasteiger partial charge in [-0.25, -0.2) is 15.0 Å². The molecule has 5 aromatic carbocycles. The molecule has 2 unspecified atom stereocenters. The van der Waals surface area contributed by atoms with Crippen molar-refractivity contribution in [3.8, 4) is 11.5 Å². The van der Waals surface area contributed by atoms with Crippen molar-refractivity contribution in [1.29, 1.82) is 0 Å². The Bertz CT molecular complexity index is 6880. The number of halogens is 20. The van der Waals surface area contributed by atoms with Gasteiger partial charge in [-0.15, -0.1) is 26.3 Å². The van der Waals surface area contributed by atoms with Gasteiger partial charge in [-0.1, -0.05) is 106 Å². The third-order valence-corrected chi connectivity index (χ3v) is 30.4. The number of aromatic nitrogens is 7. The van der Waals surface area contributed by atoms with E-state index in [2.05, 4.69) is 31.0 Å². The number of piperidine rings is 4. The first-order chi connectivity index (χ1) is 68.3. The molecule has 2 atom stereocenters. The minimum Gasteiger partial charge on any atom is -0.513 e. The van der Waals surface area contributed by atoms with Crippen molar-refractivity contribution >= 4 is 177 Å². The predicted molar refractivity (Wildman–Crippen MR) is 541 cm³/mol. The van der Waals surface area contributed by atoms with Crippen LogP contribution in [-0.2, 0) is 80.6 Å². The number of amides is 4. The van der Waals surface area contributed by atoms with Crippen LogP contribution in [0.5, 0.6) is 11.5 Å². The van der Waals surface area contributed by atoms with Gasteiger partial charge in [0.1, 0.15) is 45.4 Å². The Balaban J connectivity index is 0.000000163. The highest BCUT2D eigenvalue weighted by molar-refractivity contribution is 6.40. The number of carbonyl (C=O) groups excluding carboxylic acids is 7. The summed E-state index contributed by atoms with van der Waals surface area (Å²) in [6.45, 7) is 20.9. The van der Waals surface area contributed by atoms with Crippen LogP contribution in [0.2, 0.25) is 40.3 Å². The van der Waals surface area contributed by atoms with E-state index in [9.17, 15) is 91.4 Å². The molecule has 41 heteroatoms. The zero-order chi connectivity index (χ0) is 107. The van der Waals surface area contributed by atoms with Crippen molar-refractivity contribution in [2.75, 3.05) is 52.4 Å². The molecule has 0 aliphatic carbocycles. The molecule has 0 radical (unpaired) electrons. The van der Waals surface area contributed by atoms with Crippen LogP contribution in [0, 0.1) is 57.3 Å². The topological polar surface area (TPSA) is 230 Å². The molecule has 11 heterocycles. The normalized spacial score (nSPS) is 15.8. The van der Waals surface area contributed by atoms with Crippen molar-refractivity contribution in [2.45, 2.75) is 170 Å². The Morgan fingerprint density at radius 3 is 1.08 bits per heavy atom. The van der Waals surface area contributed by atoms with E-state index in [0.29, 0.717) is 166 Å². The van der Waals surface area contributed by atoms with Crippen LogP contribution in [0.1, 0.15) is 211 Å². The van der Waals surface area contributed by atoms with Gasteiger partial charge in [-0.3, -0.25) is 24.0 Å². The first-order valence-electron chi connectivity index (χ1n) is 46.8. The van der Waals surface area contributed by atoms with Gasteiger partial charge in [0.2, 0.25) is 0 Å². The second kappa shape index (κ2) is 45.7. The van der Waals surface area contributed by atoms with Crippen molar-refractivity contribution in [3.05, 3.63) is 257 Å². The summed E-state index contributed by atoms with van der Waals surface area (Å²) < 4.78 is 172.